The number of likely N-dealkylation sites (N-methyl/N-ethyl adjacent to an activating group) is 1. The van der Waals surface area contributed by atoms with E-state index in [2.05, 4.69) is 40.0 Å². The highest BCUT2D eigenvalue weighted by atomic mass is 79.9. The molecule has 0 bridgehead atoms. The summed E-state index contributed by atoms with van der Waals surface area (Å²) in [6, 6.07) is 3.18. The Balaban J connectivity index is 2.55. The van der Waals surface area contributed by atoms with Crippen molar-refractivity contribution >= 4 is 21.6 Å². The predicted molar refractivity (Wildman–Crippen MR) is 81.1 cm³/mol. The number of hydrogen-bond acceptors (Lipinski definition) is 3. The number of aryl methyl sites for hydroxylation is 1. The van der Waals surface area contributed by atoms with Crippen molar-refractivity contribution in [3.05, 3.63) is 28.0 Å². The van der Waals surface area contributed by atoms with Gasteiger partial charge in [-0.05, 0) is 53.6 Å². The van der Waals surface area contributed by atoms with Crippen LogP contribution in [0.4, 0.5) is 10.1 Å². The van der Waals surface area contributed by atoms with E-state index in [0.29, 0.717) is 17.6 Å². The Morgan fingerprint density at radius 3 is 2.58 bits per heavy atom. The fourth-order valence-corrected chi connectivity index (χ4v) is 2.37. The van der Waals surface area contributed by atoms with Gasteiger partial charge in [0, 0.05) is 18.8 Å². The average Bonchev–Trinajstić information content (AvgIpc) is 2.38. The minimum absolute atomic E-state index is 0.300. The maximum atomic E-state index is 13.4. The molecule has 3 nitrogen and oxygen atoms in total. The fourth-order valence-electron chi connectivity index (χ4n) is 1.91. The maximum absolute atomic E-state index is 13.4. The van der Waals surface area contributed by atoms with E-state index in [4.69, 9.17) is 0 Å². The lowest BCUT2D eigenvalue weighted by Gasteiger charge is -2.22. The van der Waals surface area contributed by atoms with Gasteiger partial charge in [-0.15, -0.1) is 0 Å². The van der Waals surface area contributed by atoms with Crippen LogP contribution < -0.4 is 5.32 Å². The first kappa shape index (κ1) is 16.4. The number of anilines is 1. The highest BCUT2D eigenvalue weighted by Gasteiger charge is 2.10. The summed E-state index contributed by atoms with van der Waals surface area (Å²) in [5.74, 6) is -0.300. The summed E-state index contributed by atoms with van der Waals surface area (Å²) in [6.45, 7) is 8.91. The number of hydrogen-bond donors (Lipinski definition) is 2. The first-order valence-corrected chi connectivity index (χ1v) is 7.37. The van der Waals surface area contributed by atoms with Crippen LogP contribution in [0, 0.1) is 12.7 Å². The highest BCUT2D eigenvalue weighted by molar-refractivity contribution is 9.10. The molecule has 0 aliphatic carbocycles. The molecule has 108 valence electrons. The molecule has 0 heterocycles. The molecule has 0 aromatic heterocycles. The van der Waals surface area contributed by atoms with Gasteiger partial charge in [0.05, 0.1) is 10.6 Å². The standard InChI is InChI=1S/C14H22BrFN2O/c1-4-18(5-2)9-11(19)8-17-14-7-13(16)12(15)6-10(14)3/h6-7,11,17,19H,4-5,8-9H2,1-3H3. The Morgan fingerprint density at radius 2 is 2.00 bits per heavy atom. The van der Waals surface area contributed by atoms with Crippen LogP contribution in [-0.2, 0) is 0 Å². The molecule has 0 spiro atoms. The molecule has 1 rings (SSSR count). The molecule has 1 aromatic carbocycles. The number of benzene rings is 1. The summed E-state index contributed by atoms with van der Waals surface area (Å²) >= 11 is 3.15. The van der Waals surface area contributed by atoms with Crippen molar-refractivity contribution in [3.63, 3.8) is 0 Å². The molecular formula is C14H22BrFN2O. The van der Waals surface area contributed by atoms with E-state index in [1.807, 2.05) is 6.92 Å². The van der Waals surface area contributed by atoms with Gasteiger partial charge in [0.2, 0.25) is 0 Å². The zero-order chi connectivity index (χ0) is 14.4. The number of nitrogens with one attached hydrogen (secondary N) is 1. The van der Waals surface area contributed by atoms with Gasteiger partial charge in [-0.3, -0.25) is 0 Å². The Morgan fingerprint density at radius 1 is 1.37 bits per heavy atom. The Labute approximate surface area is 122 Å². The molecule has 5 heteroatoms. The first-order valence-electron chi connectivity index (χ1n) is 6.57. The van der Waals surface area contributed by atoms with Crippen molar-refractivity contribution in [3.8, 4) is 0 Å². The summed E-state index contributed by atoms with van der Waals surface area (Å²) in [4.78, 5) is 2.15. The zero-order valence-electron chi connectivity index (χ0n) is 11.7. The second kappa shape index (κ2) is 7.82. The molecule has 0 radical (unpaired) electrons. The third-order valence-electron chi connectivity index (χ3n) is 3.16. The van der Waals surface area contributed by atoms with E-state index < -0.39 is 6.10 Å². The normalized spacial score (nSPS) is 12.8. The zero-order valence-corrected chi connectivity index (χ0v) is 13.3. The molecule has 1 unspecified atom stereocenters. The Bertz CT molecular complexity index is 411. The lowest BCUT2D eigenvalue weighted by molar-refractivity contribution is 0.128. The van der Waals surface area contributed by atoms with Gasteiger partial charge < -0.3 is 15.3 Å². The van der Waals surface area contributed by atoms with Crippen molar-refractivity contribution < 1.29 is 9.50 Å². The lowest BCUT2D eigenvalue weighted by atomic mass is 10.2. The van der Waals surface area contributed by atoms with Crippen molar-refractivity contribution in [2.75, 3.05) is 31.5 Å². The third-order valence-corrected chi connectivity index (χ3v) is 3.77. The maximum Gasteiger partial charge on any atom is 0.139 e. The van der Waals surface area contributed by atoms with E-state index in [-0.39, 0.29) is 5.82 Å². The van der Waals surface area contributed by atoms with Gasteiger partial charge >= 0.3 is 0 Å². The van der Waals surface area contributed by atoms with Crippen LogP contribution >= 0.6 is 15.9 Å². The number of aliphatic hydroxyl groups is 1. The van der Waals surface area contributed by atoms with Crippen molar-refractivity contribution in [2.24, 2.45) is 0 Å². The van der Waals surface area contributed by atoms with E-state index >= 15 is 0 Å². The second-order valence-corrected chi connectivity index (χ2v) is 5.46. The van der Waals surface area contributed by atoms with E-state index in [1.165, 1.54) is 6.07 Å². The number of rotatable bonds is 7. The minimum atomic E-state index is -0.467. The number of aliphatic hydroxyl groups excluding tert-OH is 1. The average molecular weight is 333 g/mol. The molecule has 0 aliphatic heterocycles. The molecule has 2 N–H and O–H groups in total. The quantitative estimate of drug-likeness (QED) is 0.805. The van der Waals surface area contributed by atoms with E-state index in [9.17, 15) is 9.50 Å². The van der Waals surface area contributed by atoms with E-state index in [0.717, 1.165) is 24.3 Å². The van der Waals surface area contributed by atoms with Crippen LogP contribution in [-0.4, -0.2) is 42.3 Å². The molecule has 1 aromatic rings. The molecule has 19 heavy (non-hydrogen) atoms. The van der Waals surface area contributed by atoms with Crippen molar-refractivity contribution in [1.82, 2.24) is 4.90 Å². The summed E-state index contributed by atoms with van der Waals surface area (Å²) in [5.41, 5.74) is 1.67. The number of nitrogens with zero attached hydrogens (tertiary/aromatic N) is 1. The first-order chi connectivity index (χ1) is 8.97. The molecule has 0 fully saturated rings. The summed E-state index contributed by atoms with van der Waals surface area (Å²) in [5, 5.41) is 13.0. The van der Waals surface area contributed by atoms with Crippen molar-refractivity contribution in [1.29, 1.82) is 0 Å². The molecular weight excluding hydrogens is 311 g/mol. The number of halogens is 2. The monoisotopic (exact) mass is 332 g/mol. The van der Waals surface area contributed by atoms with Crippen LogP contribution in [0.2, 0.25) is 0 Å². The molecule has 1 atom stereocenters. The fraction of sp³-hybridized carbons (Fsp3) is 0.571. The van der Waals surface area contributed by atoms with Crippen LogP contribution in [0.3, 0.4) is 0 Å². The van der Waals surface area contributed by atoms with Crippen molar-refractivity contribution in [2.45, 2.75) is 26.9 Å². The van der Waals surface area contributed by atoms with Gasteiger partial charge in [0.15, 0.2) is 0 Å². The Hall–Kier alpha value is -0.650. The summed E-state index contributed by atoms with van der Waals surface area (Å²) in [7, 11) is 0. The van der Waals surface area contributed by atoms with Gasteiger partial charge in [-0.25, -0.2) is 4.39 Å². The molecule has 0 saturated carbocycles. The largest absolute Gasteiger partial charge is 0.390 e. The van der Waals surface area contributed by atoms with Crippen LogP contribution in [0.15, 0.2) is 16.6 Å². The third kappa shape index (κ3) is 5.09. The van der Waals surface area contributed by atoms with Crippen LogP contribution in [0.1, 0.15) is 19.4 Å². The van der Waals surface area contributed by atoms with Gasteiger partial charge in [-0.2, -0.15) is 0 Å². The Kier molecular flexibility index (Phi) is 6.75. The van der Waals surface area contributed by atoms with Crippen LogP contribution in [0.5, 0.6) is 0 Å². The second-order valence-electron chi connectivity index (χ2n) is 4.60. The SMILES string of the molecule is CCN(CC)CC(O)CNc1cc(F)c(Br)cc1C. The highest BCUT2D eigenvalue weighted by Crippen LogP contribution is 2.23. The van der Waals surface area contributed by atoms with Crippen LogP contribution in [0.25, 0.3) is 0 Å². The van der Waals surface area contributed by atoms with Gasteiger partial charge in [-0.1, -0.05) is 13.8 Å². The van der Waals surface area contributed by atoms with Gasteiger partial charge in [0.25, 0.3) is 0 Å². The molecule has 0 aliphatic rings. The topological polar surface area (TPSA) is 35.5 Å². The summed E-state index contributed by atoms with van der Waals surface area (Å²) < 4.78 is 13.9. The smallest absolute Gasteiger partial charge is 0.139 e. The minimum Gasteiger partial charge on any atom is -0.390 e. The van der Waals surface area contributed by atoms with E-state index in [1.54, 1.807) is 6.07 Å². The predicted octanol–water partition coefficient (Wildman–Crippen LogP) is 3.01. The van der Waals surface area contributed by atoms with Gasteiger partial charge in [0.1, 0.15) is 5.82 Å². The molecule has 0 saturated heterocycles. The molecule has 0 amide bonds. The summed E-state index contributed by atoms with van der Waals surface area (Å²) in [6.07, 6.45) is -0.467. The lowest BCUT2D eigenvalue weighted by Crippen LogP contribution is -2.36.